The predicted octanol–water partition coefficient (Wildman–Crippen LogP) is 1.46. The standard InChI is InChI=1S/C13H12BrN3O2/c1-8-16-6-11(14)13(19)17(8)7-9-4-2-3-5-10(9)12(15)18/h2-6H,7H2,1H3,(H2,15,18). The third kappa shape index (κ3) is 2.73. The second-order valence-corrected chi connectivity index (χ2v) is 4.92. The number of aromatic nitrogens is 2. The fourth-order valence-corrected chi connectivity index (χ4v) is 2.12. The quantitative estimate of drug-likeness (QED) is 0.929. The number of hydrogen-bond donors (Lipinski definition) is 1. The van der Waals surface area contributed by atoms with E-state index >= 15 is 0 Å². The SMILES string of the molecule is Cc1ncc(Br)c(=O)n1Cc1ccccc1C(N)=O. The molecule has 1 aromatic heterocycles. The van der Waals surface area contributed by atoms with Gasteiger partial charge in [-0.1, -0.05) is 18.2 Å². The Morgan fingerprint density at radius 1 is 1.42 bits per heavy atom. The number of halogens is 1. The first-order valence-corrected chi connectivity index (χ1v) is 6.39. The number of amides is 1. The second kappa shape index (κ2) is 5.36. The van der Waals surface area contributed by atoms with Crippen LogP contribution in [0.5, 0.6) is 0 Å². The van der Waals surface area contributed by atoms with Crippen LogP contribution in [0.1, 0.15) is 21.7 Å². The fraction of sp³-hybridized carbons (Fsp3) is 0.154. The first-order valence-electron chi connectivity index (χ1n) is 5.60. The highest BCUT2D eigenvalue weighted by Crippen LogP contribution is 2.11. The molecule has 2 rings (SSSR count). The van der Waals surface area contributed by atoms with Crippen molar-refractivity contribution in [3.8, 4) is 0 Å². The minimum absolute atomic E-state index is 0.188. The van der Waals surface area contributed by atoms with Crippen molar-refractivity contribution in [3.05, 3.63) is 62.2 Å². The van der Waals surface area contributed by atoms with Gasteiger partial charge in [-0.3, -0.25) is 14.2 Å². The molecule has 0 unspecified atom stereocenters. The maximum Gasteiger partial charge on any atom is 0.268 e. The summed E-state index contributed by atoms with van der Waals surface area (Å²) in [6, 6.07) is 6.95. The van der Waals surface area contributed by atoms with E-state index in [-0.39, 0.29) is 12.1 Å². The zero-order chi connectivity index (χ0) is 14.0. The van der Waals surface area contributed by atoms with Gasteiger partial charge in [-0.05, 0) is 34.5 Å². The lowest BCUT2D eigenvalue weighted by Crippen LogP contribution is -2.26. The summed E-state index contributed by atoms with van der Waals surface area (Å²) < 4.78 is 1.88. The van der Waals surface area contributed by atoms with Gasteiger partial charge in [0.05, 0.1) is 6.54 Å². The van der Waals surface area contributed by atoms with Crippen molar-refractivity contribution in [1.82, 2.24) is 9.55 Å². The van der Waals surface area contributed by atoms with Crippen molar-refractivity contribution in [2.24, 2.45) is 5.73 Å². The summed E-state index contributed by atoms with van der Waals surface area (Å²) in [7, 11) is 0. The molecule has 2 N–H and O–H groups in total. The Bertz CT molecular complexity index is 695. The van der Waals surface area contributed by atoms with Gasteiger partial charge in [0.25, 0.3) is 5.56 Å². The highest BCUT2D eigenvalue weighted by atomic mass is 79.9. The maximum atomic E-state index is 12.0. The zero-order valence-electron chi connectivity index (χ0n) is 10.3. The van der Waals surface area contributed by atoms with E-state index in [0.29, 0.717) is 21.4 Å². The molecule has 1 heterocycles. The van der Waals surface area contributed by atoms with E-state index in [9.17, 15) is 9.59 Å². The Morgan fingerprint density at radius 3 is 2.79 bits per heavy atom. The first kappa shape index (κ1) is 13.5. The van der Waals surface area contributed by atoms with Crippen molar-refractivity contribution in [1.29, 1.82) is 0 Å². The van der Waals surface area contributed by atoms with Gasteiger partial charge in [-0.25, -0.2) is 4.98 Å². The van der Waals surface area contributed by atoms with Crippen LogP contribution in [0, 0.1) is 6.92 Å². The molecule has 19 heavy (non-hydrogen) atoms. The molecular formula is C13H12BrN3O2. The topological polar surface area (TPSA) is 78.0 Å². The predicted molar refractivity (Wildman–Crippen MR) is 75.0 cm³/mol. The maximum absolute atomic E-state index is 12.0. The molecule has 0 aliphatic heterocycles. The molecule has 0 saturated carbocycles. The molecule has 0 aliphatic carbocycles. The van der Waals surface area contributed by atoms with Crippen molar-refractivity contribution < 1.29 is 4.79 Å². The van der Waals surface area contributed by atoms with Gasteiger partial charge in [0.1, 0.15) is 10.3 Å². The summed E-state index contributed by atoms with van der Waals surface area (Å²) in [4.78, 5) is 27.5. The molecule has 98 valence electrons. The molecular weight excluding hydrogens is 310 g/mol. The number of nitrogens with zero attached hydrogens (tertiary/aromatic N) is 2. The number of aryl methyl sites for hydroxylation is 1. The molecule has 1 aromatic carbocycles. The van der Waals surface area contributed by atoms with Crippen LogP contribution in [0.25, 0.3) is 0 Å². The van der Waals surface area contributed by atoms with Crippen LogP contribution in [-0.2, 0) is 6.54 Å². The van der Waals surface area contributed by atoms with E-state index in [1.807, 2.05) is 0 Å². The lowest BCUT2D eigenvalue weighted by Gasteiger charge is -2.11. The van der Waals surface area contributed by atoms with Crippen LogP contribution in [0.3, 0.4) is 0 Å². The highest BCUT2D eigenvalue weighted by molar-refractivity contribution is 9.10. The molecule has 0 atom stereocenters. The Hall–Kier alpha value is -1.95. The minimum Gasteiger partial charge on any atom is -0.366 e. The van der Waals surface area contributed by atoms with E-state index in [1.54, 1.807) is 31.2 Å². The van der Waals surface area contributed by atoms with Crippen LogP contribution in [0.2, 0.25) is 0 Å². The number of carbonyl (C=O) groups excluding carboxylic acids is 1. The van der Waals surface area contributed by atoms with Crippen LogP contribution < -0.4 is 11.3 Å². The summed E-state index contributed by atoms with van der Waals surface area (Å²) >= 11 is 3.15. The zero-order valence-corrected chi connectivity index (χ0v) is 11.8. The van der Waals surface area contributed by atoms with E-state index in [1.165, 1.54) is 10.8 Å². The van der Waals surface area contributed by atoms with Gasteiger partial charge < -0.3 is 5.73 Å². The van der Waals surface area contributed by atoms with Gasteiger partial charge >= 0.3 is 0 Å². The average Bonchev–Trinajstić information content (AvgIpc) is 2.39. The minimum atomic E-state index is -0.510. The van der Waals surface area contributed by atoms with Crippen LogP contribution in [0.4, 0.5) is 0 Å². The van der Waals surface area contributed by atoms with Crippen molar-refractivity contribution in [2.75, 3.05) is 0 Å². The summed E-state index contributed by atoms with van der Waals surface area (Å²) in [6.07, 6.45) is 1.47. The molecule has 0 bridgehead atoms. The summed E-state index contributed by atoms with van der Waals surface area (Å²) in [5.41, 5.74) is 6.24. The molecule has 0 fully saturated rings. The smallest absolute Gasteiger partial charge is 0.268 e. The van der Waals surface area contributed by atoms with Gasteiger partial charge in [-0.2, -0.15) is 0 Å². The van der Waals surface area contributed by atoms with Gasteiger partial charge in [0, 0.05) is 11.8 Å². The van der Waals surface area contributed by atoms with Crippen molar-refractivity contribution in [3.63, 3.8) is 0 Å². The number of hydrogen-bond acceptors (Lipinski definition) is 3. The molecule has 5 nitrogen and oxygen atoms in total. The monoisotopic (exact) mass is 321 g/mol. The third-order valence-corrected chi connectivity index (χ3v) is 3.36. The molecule has 2 aromatic rings. The van der Waals surface area contributed by atoms with E-state index in [4.69, 9.17) is 5.73 Å². The number of nitrogens with two attached hydrogens (primary N) is 1. The van der Waals surface area contributed by atoms with Gasteiger partial charge in [0.15, 0.2) is 0 Å². The molecule has 0 radical (unpaired) electrons. The fourth-order valence-electron chi connectivity index (χ4n) is 1.81. The first-order chi connectivity index (χ1) is 9.00. The number of benzene rings is 1. The molecule has 0 spiro atoms. The third-order valence-electron chi connectivity index (χ3n) is 2.82. The van der Waals surface area contributed by atoms with Crippen LogP contribution in [0.15, 0.2) is 39.7 Å². The largest absolute Gasteiger partial charge is 0.366 e. The Balaban J connectivity index is 2.51. The van der Waals surface area contributed by atoms with Gasteiger partial charge in [0.2, 0.25) is 5.91 Å². The van der Waals surface area contributed by atoms with Crippen LogP contribution >= 0.6 is 15.9 Å². The highest BCUT2D eigenvalue weighted by Gasteiger charge is 2.11. The molecule has 0 aliphatic rings. The average molecular weight is 322 g/mol. The Morgan fingerprint density at radius 2 is 2.11 bits per heavy atom. The van der Waals surface area contributed by atoms with Crippen LogP contribution in [-0.4, -0.2) is 15.5 Å². The number of rotatable bonds is 3. The van der Waals surface area contributed by atoms with Crippen molar-refractivity contribution >= 4 is 21.8 Å². The summed E-state index contributed by atoms with van der Waals surface area (Å²) in [5.74, 6) is 0.0664. The number of carbonyl (C=O) groups is 1. The number of primary amides is 1. The molecule has 0 saturated heterocycles. The Labute approximate surface area is 118 Å². The van der Waals surface area contributed by atoms with Crippen molar-refractivity contribution in [2.45, 2.75) is 13.5 Å². The molecule has 1 amide bonds. The summed E-state index contributed by atoms with van der Waals surface area (Å²) in [6.45, 7) is 2.00. The summed E-state index contributed by atoms with van der Waals surface area (Å²) in [5, 5.41) is 0. The lowest BCUT2D eigenvalue weighted by atomic mass is 10.1. The Kier molecular flexibility index (Phi) is 3.80. The van der Waals surface area contributed by atoms with Gasteiger partial charge in [-0.15, -0.1) is 0 Å². The van der Waals surface area contributed by atoms with E-state index in [2.05, 4.69) is 20.9 Å². The molecule has 6 heteroatoms. The van der Waals surface area contributed by atoms with E-state index in [0.717, 1.165) is 0 Å². The normalized spacial score (nSPS) is 10.4. The lowest BCUT2D eigenvalue weighted by molar-refractivity contribution is 0.0999. The second-order valence-electron chi connectivity index (χ2n) is 4.07. The van der Waals surface area contributed by atoms with E-state index < -0.39 is 5.91 Å².